The molecule has 5 aromatic rings. The number of rotatable bonds is 4. The lowest BCUT2D eigenvalue weighted by atomic mass is 9.92. The molecule has 0 aliphatic carbocycles. The van der Waals surface area contributed by atoms with E-state index >= 15 is 0 Å². The van der Waals surface area contributed by atoms with Gasteiger partial charge in [0.1, 0.15) is 24.0 Å². The molecule has 1 aliphatic heterocycles. The van der Waals surface area contributed by atoms with E-state index in [0.717, 1.165) is 57.1 Å². The smallest absolute Gasteiger partial charge is 0.128 e. The fourth-order valence-corrected chi connectivity index (χ4v) is 4.68. The minimum absolute atomic E-state index is 0.377. The molecule has 3 heterocycles. The molecule has 0 bridgehead atoms. The monoisotopic (exact) mass is 436 g/mol. The molecule has 0 amide bonds. The number of H-pyrrole nitrogens is 2. The first-order valence-electron chi connectivity index (χ1n) is 11.8. The Hall–Kier alpha value is -3.60. The predicted molar refractivity (Wildman–Crippen MR) is 134 cm³/mol. The van der Waals surface area contributed by atoms with Gasteiger partial charge in [-0.15, -0.1) is 0 Å². The second-order valence-corrected chi connectivity index (χ2v) is 9.46. The summed E-state index contributed by atoms with van der Waals surface area (Å²) in [5.41, 5.74) is 7.86. The highest BCUT2D eigenvalue weighted by Crippen LogP contribution is 2.42. The molecule has 0 spiro atoms. The van der Waals surface area contributed by atoms with Gasteiger partial charge in [-0.05, 0) is 52.8 Å². The van der Waals surface area contributed by atoms with E-state index in [-0.39, 0.29) is 0 Å². The molecule has 5 heteroatoms. The van der Waals surface area contributed by atoms with Gasteiger partial charge in [-0.2, -0.15) is 0 Å². The summed E-state index contributed by atoms with van der Waals surface area (Å²) in [5.74, 6) is 3.78. The van der Waals surface area contributed by atoms with Crippen LogP contribution < -0.4 is 4.74 Å². The van der Waals surface area contributed by atoms with Gasteiger partial charge in [-0.1, -0.05) is 45.9 Å². The number of nitrogens with zero attached hydrogens (tertiary/aromatic N) is 2. The number of nitrogens with one attached hydrogen (secondary N) is 2. The summed E-state index contributed by atoms with van der Waals surface area (Å²) in [4.78, 5) is 16.4. The molecule has 0 saturated carbocycles. The molecule has 3 aromatic carbocycles. The number of aromatic nitrogens is 4. The normalized spacial score (nSPS) is 13.8. The summed E-state index contributed by atoms with van der Waals surface area (Å²) in [5, 5.41) is 2.35. The van der Waals surface area contributed by atoms with Crippen LogP contribution in [0.1, 0.15) is 63.2 Å². The SMILES string of the molecule is CCC(C)c1nc2ccc3cc4c(cc3c2[nH]1)OCc1cc(-c2cnc(C(C)C)[nH]2)ccc1-4. The van der Waals surface area contributed by atoms with Gasteiger partial charge in [0.15, 0.2) is 0 Å². The van der Waals surface area contributed by atoms with Crippen LogP contribution in [0.5, 0.6) is 5.75 Å². The van der Waals surface area contributed by atoms with Crippen LogP contribution in [-0.4, -0.2) is 19.9 Å². The van der Waals surface area contributed by atoms with Gasteiger partial charge in [0.05, 0.1) is 22.9 Å². The molecule has 1 unspecified atom stereocenters. The van der Waals surface area contributed by atoms with Crippen molar-refractivity contribution in [3.63, 3.8) is 0 Å². The van der Waals surface area contributed by atoms with E-state index in [1.807, 2.05) is 6.20 Å². The maximum absolute atomic E-state index is 6.26. The Morgan fingerprint density at radius 3 is 2.64 bits per heavy atom. The Bertz CT molecular complexity index is 1510. The molecule has 1 atom stereocenters. The first kappa shape index (κ1) is 20.0. The van der Waals surface area contributed by atoms with Crippen LogP contribution in [0.25, 0.3) is 44.2 Å². The van der Waals surface area contributed by atoms with Crippen LogP contribution in [0.15, 0.2) is 48.7 Å². The highest BCUT2D eigenvalue weighted by molar-refractivity contribution is 6.07. The van der Waals surface area contributed by atoms with Crippen molar-refractivity contribution in [2.45, 2.75) is 52.6 Å². The molecule has 6 rings (SSSR count). The number of hydrogen-bond acceptors (Lipinski definition) is 3. The van der Waals surface area contributed by atoms with Crippen LogP contribution >= 0.6 is 0 Å². The van der Waals surface area contributed by atoms with Crippen LogP contribution in [-0.2, 0) is 6.61 Å². The van der Waals surface area contributed by atoms with Crippen molar-refractivity contribution < 1.29 is 4.74 Å². The van der Waals surface area contributed by atoms with Crippen LogP contribution in [0.4, 0.5) is 0 Å². The number of imidazole rings is 2. The van der Waals surface area contributed by atoms with E-state index in [1.54, 1.807) is 0 Å². The van der Waals surface area contributed by atoms with E-state index in [4.69, 9.17) is 9.72 Å². The van der Waals surface area contributed by atoms with E-state index in [1.165, 1.54) is 16.5 Å². The number of benzene rings is 3. The van der Waals surface area contributed by atoms with Crippen molar-refractivity contribution in [1.82, 2.24) is 19.9 Å². The third-order valence-electron chi connectivity index (χ3n) is 6.90. The van der Waals surface area contributed by atoms with Gasteiger partial charge in [0.25, 0.3) is 0 Å². The largest absolute Gasteiger partial charge is 0.488 e. The average Bonchev–Trinajstić information content (AvgIpc) is 3.50. The van der Waals surface area contributed by atoms with Crippen LogP contribution in [0.3, 0.4) is 0 Å². The Balaban J connectivity index is 1.44. The maximum Gasteiger partial charge on any atom is 0.128 e. The molecule has 33 heavy (non-hydrogen) atoms. The fourth-order valence-electron chi connectivity index (χ4n) is 4.68. The zero-order chi connectivity index (χ0) is 22.7. The third-order valence-corrected chi connectivity index (χ3v) is 6.90. The second kappa shape index (κ2) is 7.48. The summed E-state index contributed by atoms with van der Waals surface area (Å²) >= 11 is 0. The number of ether oxygens (including phenoxy) is 1. The predicted octanol–water partition coefficient (Wildman–Crippen LogP) is 7.30. The molecule has 1 aliphatic rings. The highest BCUT2D eigenvalue weighted by Gasteiger charge is 2.21. The van der Waals surface area contributed by atoms with Gasteiger partial charge in [0.2, 0.25) is 0 Å². The summed E-state index contributed by atoms with van der Waals surface area (Å²) in [6.07, 6.45) is 2.98. The van der Waals surface area contributed by atoms with Gasteiger partial charge < -0.3 is 14.7 Å². The zero-order valence-corrected chi connectivity index (χ0v) is 19.5. The topological polar surface area (TPSA) is 66.6 Å². The molecular weight excluding hydrogens is 408 g/mol. The van der Waals surface area contributed by atoms with E-state index in [0.29, 0.717) is 18.4 Å². The Labute approximate surface area is 193 Å². The molecule has 2 N–H and O–H groups in total. The third kappa shape index (κ3) is 3.22. The number of aromatic amines is 2. The first-order chi connectivity index (χ1) is 16.0. The zero-order valence-electron chi connectivity index (χ0n) is 19.5. The van der Waals surface area contributed by atoms with Gasteiger partial charge in [0, 0.05) is 22.8 Å². The van der Waals surface area contributed by atoms with Gasteiger partial charge in [-0.3, -0.25) is 0 Å². The Morgan fingerprint density at radius 2 is 1.85 bits per heavy atom. The van der Waals surface area contributed by atoms with Crippen molar-refractivity contribution in [3.8, 4) is 28.1 Å². The standard InChI is InChI=1S/C28H28N4O/c1-5-16(4)28-30-23-9-7-17-11-22-20-8-6-18(24-13-29-27(31-24)15(2)3)10-19(20)14-33-25(22)12-21(17)26(23)32-28/h6-13,15-16H,5,14H2,1-4H3,(H,29,31)(H,30,32). The lowest BCUT2D eigenvalue weighted by Crippen LogP contribution is -2.05. The fraction of sp³-hybridized carbons (Fsp3) is 0.286. The Morgan fingerprint density at radius 1 is 0.970 bits per heavy atom. The molecule has 166 valence electrons. The van der Waals surface area contributed by atoms with Crippen molar-refractivity contribution in [2.24, 2.45) is 0 Å². The number of hydrogen-bond donors (Lipinski definition) is 2. The summed E-state index contributed by atoms with van der Waals surface area (Å²) in [6.45, 7) is 9.26. The molecule has 5 nitrogen and oxygen atoms in total. The summed E-state index contributed by atoms with van der Waals surface area (Å²) < 4.78 is 6.26. The first-order valence-corrected chi connectivity index (χ1v) is 11.8. The van der Waals surface area contributed by atoms with Crippen LogP contribution in [0, 0.1) is 0 Å². The minimum atomic E-state index is 0.377. The molecule has 0 saturated heterocycles. The lowest BCUT2D eigenvalue weighted by Gasteiger charge is -2.22. The van der Waals surface area contributed by atoms with Crippen molar-refractivity contribution in [1.29, 1.82) is 0 Å². The molecule has 0 radical (unpaired) electrons. The quantitative estimate of drug-likeness (QED) is 0.310. The Kier molecular flexibility index (Phi) is 4.54. The van der Waals surface area contributed by atoms with Gasteiger partial charge in [-0.25, -0.2) is 9.97 Å². The van der Waals surface area contributed by atoms with Crippen molar-refractivity contribution in [3.05, 3.63) is 65.9 Å². The summed E-state index contributed by atoms with van der Waals surface area (Å²) in [6, 6.07) is 15.3. The van der Waals surface area contributed by atoms with Crippen LogP contribution in [0.2, 0.25) is 0 Å². The minimum Gasteiger partial charge on any atom is -0.488 e. The average molecular weight is 437 g/mol. The van der Waals surface area contributed by atoms with Crippen molar-refractivity contribution in [2.75, 3.05) is 0 Å². The lowest BCUT2D eigenvalue weighted by molar-refractivity contribution is 0.303. The van der Waals surface area contributed by atoms with E-state index < -0.39 is 0 Å². The molecular formula is C28H28N4O. The summed E-state index contributed by atoms with van der Waals surface area (Å²) in [7, 11) is 0. The maximum atomic E-state index is 6.26. The van der Waals surface area contributed by atoms with Crippen molar-refractivity contribution >= 4 is 21.8 Å². The molecule has 0 fully saturated rings. The van der Waals surface area contributed by atoms with E-state index in [9.17, 15) is 0 Å². The number of fused-ring (bicyclic) bond motifs is 6. The molecule has 2 aromatic heterocycles. The second-order valence-electron chi connectivity index (χ2n) is 9.46. The van der Waals surface area contributed by atoms with E-state index in [2.05, 4.69) is 85.1 Å². The van der Waals surface area contributed by atoms with Gasteiger partial charge >= 0.3 is 0 Å². The highest BCUT2D eigenvalue weighted by atomic mass is 16.5.